The molecule has 0 aliphatic carbocycles. The lowest BCUT2D eigenvalue weighted by Gasteiger charge is -2.14. The summed E-state index contributed by atoms with van der Waals surface area (Å²) in [7, 11) is 0. The van der Waals surface area contributed by atoms with Gasteiger partial charge in [0.1, 0.15) is 12.4 Å². The summed E-state index contributed by atoms with van der Waals surface area (Å²) in [5.41, 5.74) is 2.10. The van der Waals surface area contributed by atoms with E-state index in [0.29, 0.717) is 6.61 Å². The highest BCUT2D eigenvalue weighted by Crippen LogP contribution is 2.25. The van der Waals surface area contributed by atoms with Gasteiger partial charge >= 0.3 is 0 Å². The molecule has 0 unspecified atom stereocenters. The van der Waals surface area contributed by atoms with Crippen LogP contribution < -0.4 is 10.1 Å². The van der Waals surface area contributed by atoms with Crippen molar-refractivity contribution in [3.63, 3.8) is 0 Å². The van der Waals surface area contributed by atoms with E-state index in [1.165, 1.54) is 0 Å². The van der Waals surface area contributed by atoms with Crippen molar-refractivity contribution in [1.29, 1.82) is 0 Å². The van der Waals surface area contributed by atoms with Crippen LogP contribution in [-0.4, -0.2) is 19.3 Å². The summed E-state index contributed by atoms with van der Waals surface area (Å²) in [4.78, 5) is 0. The number of benzene rings is 2. The summed E-state index contributed by atoms with van der Waals surface area (Å²) in [6.45, 7) is 6.99. The lowest BCUT2D eigenvalue weighted by atomic mass is 10.2. The molecule has 2 rings (SSSR count). The highest BCUT2D eigenvalue weighted by atomic mass is 79.9. The van der Waals surface area contributed by atoms with Crippen molar-refractivity contribution in [1.82, 2.24) is 5.32 Å². The highest BCUT2D eigenvalue weighted by molar-refractivity contribution is 9.10. The fraction of sp³-hybridized carbons (Fsp3) is 0.400. The molecule has 0 saturated heterocycles. The van der Waals surface area contributed by atoms with E-state index < -0.39 is 0 Å². The summed E-state index contributed by atoms with van der Waals surface area (Å²) in [5.74, 6) is 0.869. The Kier molecular flexibility index (Phi) is 11.3. The molecule has 6 heteroatoms. The second-order valence-electron chi connectivity index (χ2n) is 6.08. The van der Waals surface area contributed by atoms with Crippen LogP contribution in [0.25, 0.3) is 0 Å². The van der Waals surface area contributed by atoms with Gasteiger partial charge in [-0.2, -0.15) is 0 Å². The fourth-order valence-electron chi connectivity index (χ4n) is 2.34. The maximum Gasteiger partial charge on any atom is 0.124 e. The summed E-state index contributed by atoms with van der Waals surface area (Å²) >= 11 is 9.73. The predicted molar refractivity (Wildman–Crippen MR) is 115 cm³/mol. The number of halogens is 3. The number of ether oxygens (including phenoxy) is 2. The molecular weight excluding hydrogens is 437 g/mol. The molecule has 2 aromatic carbocycles. The van der Waals surface area contributed by atoms with Crippen LogP contribution in [0.5, 0.6) is 5.75 Å². The maximum absolute atomic E-state index is 6.20. The van der Waals surface area contributed by atoms with E-state index in [1.54, 1.807) is 0 Å². The summed E-state index contributed by atoms with van der Waals surface area (Å²) in [5, 5.41) is 4.17. The van der Waals surface area contributed by atoms with Crippen LogP contribution in [0.3, 0.4) is 0 Å². The summed E-state index contributed by atoms with van der Waals surface area (Å²) < 4.78 is 12.6. The molecule has 0 radical (unpaired) electrons. The molecule has 144 valence electrons. The largest absolute Gasteiger partial charge is 0.489 e. The third-order valence-electron chi connectivity index (χ3n) is 3.63. The quantitative estimate of drug-likeness (QED) is 0.438. The van der Waals surface area contributed by atoms with Crippen molar-refractivity contribution in [2.75, 3.05) is 13.2 Å². The minimum absolute atomic E-state index is 0. The van der Waals surface area contributed by atoms with E-state index >= 15 is 0 Å². The fourth-order valence-corrected chi connectivity index (χ4v) is 2.94. The van der Waals surface area contributed by atoms with E-state index in [2.05, 4.69) is 41.2 Å². The molecule has 26 heavy (non-hydrogen) atoms. The Bertz CT molecular complexity index is 668. The van der Waals surface area contributed by atoms with Crippen LogP contribution in [0.1, 0.15) is 31.4 Å². The first-order valence-electron chi connectivity index (χ1n) is 8.53. The van der Waals surface area contributed by atoms with Gasteiger partial charge in [-0.25, -0.2) is 0 Å². The molecule has 3 nitrogen and oxygen atoms in total. The first-order valence-corrected chi connectivity index (χ1v) is 9.70. The Hall–Kier alpha value is -0.780. The van der Waals surface area contributed by atoms with Gasteiger partial charge in [-0.1, -0.05) is 45.7 Å². The summed E-state index contributed by atoms with van der Waals surface area (Å²) in [6.07, 6.45) is 1.28. The molecule has 0 bridgehead atoms. The number of hydrogen-bond donors (Lipinski definition) is 1. The van der Waals surface area contributed by atoms with Crippen molar-refractivity contribution in [2.24, 2.45) is 0 Å². The Labute approximate surface area is 176 Å². The van der Waals surface area contributed by atoms with Crippen LogP contribution >= 0.6 is 39.9 Å². The summed E-state index contributed by atoms with van der Waals surface area (Å²) in [6, 6.07) is 13.8. The van der Waals surface area contributed by atoms with Gasteiger partial charge in [0.15, 0.2) is 0 Å². The lowest BCUT2D eigenvalue weighted by molar-refractivity contribution is 0.0770. The second-order valence-corrected chi connectivity index (χ2v) is 7.40. The van der Waals surface area contributed by atoms with Crippen molar-refractivity contribution >= 4 is 39.9 Å². The first-order chi connectivity index (χ1) is 12.1. The molecule has 0 aliphatic rings. The highest BCUT2D eigenvalue weighted by Gasteiger charge is 2.07. The predicted octanol–water partition coefficient (Wildman–Crippen LogP) is 6.01. The zero-order valence-corrected chi connectivity index (χ0v) is 18.3. The molecule has 0 atom stereocenters. The Morgan fingerprint density at radius 2 is 1.88 bits per heavy atom. The standard InChI is InChI=1S/C20H25BrClNO2.ClH/c1-15(2)24-11-5-10-23-13-17-12-18(21)8-9-20(17)25-14-16-6-3-4-7-19(16)22;/h3-4,6-9,12,15,23H,5,10-11,13-14H2,1-2H3;1H. The minimum Gasteiger partial charge on any atom is -0.489 e. The average Bonchev–Trinajstić information content (AvgIpc) is 2.58. The van der Waals surface area contributed by atoms with Gasteiger partial charge in [-0.15, -0.1) is 12.4 Å². The van der Waals surface area contributed by atoms with Gasteiger partial charge in [-0.3, -0.25) is 0 Å². The van der Waals surface area contributed by atoms with E-state index in [4.69, 9.17) is 21.1 Å². The molecule has 0 amide bonds. The van der Waals surface area contributed by atoms with E-state index in [0.717, 1.165) is 52.5 Å². The molecule has 0 aromatic heterocycles. The third-order valence-corrected chi connectivity index (χ3v) is 4.49. The van der Waals surface area contributed by atoms with Crippen LogP contribution in [0.4, 0.5) is 0 Å². The second kappa shape index (κ2) is 12.6. The molecule has 0 aliphatic heterocycles. The van der Waals surface area contributed by atoms with Gasteiger partial charge in [0, 0.05) is 33.8 Å². The maximum atomic E-state index is 6.20. The van der Waals surface area contributed by atoms with Crippen molar-refractivity contribution in [3.05, 3.63) is 63.1 Å². The normalized spacial score (nSPS) is 10.7. The Morgan fingerprint density at radius 1 is 1.12 bits per heavy atom. The number of rotatable bonds is 10. The van der Waals surface area contributed by atoms with Crippen LogP contribution in [0.15, 0.2) is 46.9 Å². The SMILES string of the molecule is CC(C)OCCCNCc1cc(Br)ccc1OCc1ccccc1Cl.Cl. The van der Waals surface area contributed by atoms with E-state index in [1.807, 2.05) is 36.4 Å². The average molecular weight is 463 g/mol. The Balaban J connectivity index is 0.00000338. The molecule has 0 fully saturated rings. The monoisotopic (exact) mass is 461 g/mol. The van der Waals surface area contributed by atoms with Crippen molar-refractivity contribution < 1.29 is 9.47 Å². The minimum atomic E-state index is 0. The topological polar surface area (TPSA) is 30.5 Å². The van der Waals surface area contributed by atoms with E-state index in [-0.39, 0.29) is 18.5 Å². The molecule has 2 aromatic rings. The molecule has 0 heterocycles. The van der Waals surface area contributed by atoms with Gasteiger partial charge in [0.2, 0.25) is 0 Å². The molecule has 1 N–H and O–H groups in total. The van der Waals surface area contributed by atoms with Gasteiger partial charge in [-0.05, 0) is 51.1 Å². The van der Waals surface area contributed by atoms with Gasteiger partial charge in [0.25, 0.3) is 0 Å². The number of hydrogen-bond acceptors (Lipinski definition) is 3. The van der Waals surface area contributed by atoms with E-state index in [9.17, 15) is 0 Å². The van der Waals surface area contributed by atoms with Crippen LogP contribution in [0, 0.1) is 0 Å². The zero-order chi connectivity index (χ0) is 18.1. The lowest BCUT2D eigenvalue weighted by Crippen LogP contribution is -2.18. The van der Waals surface area contributed by atoms with Gasteiger partial charge in [0.05, 0.1) is 6.10 Å². The van der Waals surface area contributed by atoms with Gasteiger partial charge < -0.3 is 14.8 Å². The molecule has 0 spiro atoms. The van der Waals surface area contributed by atoms with Crippen molar-refractivity contribution in [2.45, 2.75) is 39.5 Å². The first kappa shape index (κ1) is 23.3. The van der Waals surface area contributed by atoms with Crippen LogP contribution in [0.2, 0.25) is 5.02 Å². The smallest absolute Gasteiger partial charge is 0.124 e. The van der Waals surface area contributed by atoms with Crippen LogP contribution in [-0.2, 0) is 17.9 Å². The molecule has 0 saturated carbocycles. The molecular formula is C20H26BrCl2NO2. The third kappa shape index (κ3) is 8.28. The zero-order valence-electron chi connectivity index (χ0n) is 15.1. The van der Waals surface area contributed by atoms with Crippen molar-refractivity contribution in [3.8, 4) is 5.75 Å². The Morgan fingerprint density at radius 3 is 2.62 bits per heavy atom. The number of nitrogens with one attached hydrogen (secondary N) is 1.